The fourth-order valence-electron chi connectivity index (χ4n) is 2.09. The molecule has 0 radical (unpaired) electrons. The van der Waals surface area contributed by atoms with Gasteiger partial charge in [0, 0.05) is 30.6 Å². The molecule has 0 spiro atoms. The van der Waals surface area contributed by atoms with Crippen LogP contribution in [0.1, 0.15) is 18.1 Å². The molecule has 0 saturated carbocycles. The number of aliphatic hydroxyl groups excluding tert-OH is 1. The molecular formula is C14H20Cl2N2O3. The number of carbonyl (C=O) groups excluding carboxylic acids is 1. The average molecular weight is 335 g/mol. The van der Waals surface area contributed by atoms with Gasteiger partial charge in [0.2, 0.25) is 5.91 Å². The summed E-state index contributed by atoms with van der Waals surface area (Å²) in [6.07, 6.45) is -0.407. The van der Waals surface area contributed by atoms with E-state index in [-0.39, 0.29) is 30.9 Å². The molecule has 1 fully saturated rings. The zero-order valence-corrected chi connectivity index (χ0v) is 13.1. The summed E-state index contributed by atoms with van der Waals surface area (Å²) in [6, 6.07) is 7.03. The van der Waals surface area contributed by atoms with Gasteiger partial charge in [0.1, 0.15) is 0 Å². The number of nitrogens with one attached hydrogen (secondary N) is 2. The standard InChI is InChI=1S/C14H19ClN2O3.ClH/c15-11-3-1-2-10(6-11)13(18)8-17-14(19)7-12-9-20-5-4-16-12;/h1-3,6,12-13,16,18H,4-5,7-9H2,(H,17,19);1H. The maximum Gasteiger partial charge on any atom is 0.221 e. The van der Waals surface area contributed by atoms with Gasteiger partial charge in [-0.25, -0.2) is 0 Å². The van der Waals surface area contributed by atoms with Crippen LogP contribution < -0.4 is 10.6 Å². The van der Waals surface area contributed by atoms with E-state index in [1.54, 1.807) is 24.3 Å². The normalized spacial score (nSPS) is 19.4. The minimum atomic E-state index is -0.756. The Morgan fingerprint density at radius 2 is 2.38 bits per heavy atom. The Hall–Kier alpha value is -0.850. The number of rotatable bonds is 5. The first-order chi connectivity index (χ1) is 9.65. The lowest BCUT2D eigenvalue weighted by Gasteiger charge is -2.23. The summed E-state index contributed by atoms with van der Waals surface area (Å²) in [5.74, 6) is -0.103. The molecular weight excluding hydrogens is 315 g/mol. The number of ether oxygens (including phenoxy) is 1. The Bertz CT molecular complexity index is 454. The Morgan fingerprint density at radius 3 is 3.05 bits per heavy atom. The van der Waals surface area contributed by atoms with E-state index in [4.69, 9.17) is 16.3 Å². The summed E-state index contributed by atoms with van der Waals surface area (Å²) in [5.41, 5.74) is 0.692. The Kier molecular flexibility index (Phi) is 8.00. The van der Waals surface area contributed by atoms with Gasteiger partial charge in [0.05, 0.1) is 19.3 Å². The van der Waals surface area contributed by atoms with Crippen LogP contribution in [0.2, 0.25) is 5.02 Å². The molecule has 7 heteroatoms. The summed E-state index contributed by atoms with van der Waals surface area (Å²) >= 11 is 5.86. The van der Waals surface area contributed by atoms with Crippen LogP contribution in [-0.2, 0) is 9.53 Å². The number of aliphatic hydroxyl groups is 1. The minimum absolute atomic E-state index is 0. The Balaban J connectivity index is 0.00000220. The lowest BCUT2D eigenvalue weighted by Crippen LogP contribution is -2.44. The predicted octanol–water partition coefficient (Wildman–Crippen LogP) is 1.29. The lowest BCUT2D eigenvalue weighted by molar-refractivity contribution is -0.122. The van der Waals surface area contributed by atoms with Crippen LogP contribution in [0.25, 0.3) is 0 Å². The number of morpholine rings is 1. The van der Waals surface area contributed by atoms with Crippen molar-refractivity contribution in [1.82, 2.24) is 10.6 Å². The van der Waals surface area contributed by atoms with E-state index in [0.29, 0.717) is 30.2 Å². The first kappa shape index (κ1) is 18.2. The van der Waals surface area contributed by atoms with Gasteiger partial charge in [-0.1, -0.05) is 23.7 Å². The lowest BCUT2D eigenvalue weighted by atomic mass is 10.1. The highest BCUT2D eigenvalue weighted by atomic mass is 35.5. The Labute approximate surface area is 135 Å². The van der Waals surface area contributed by atoms with Crippen molar-refractivity contribution >= 4 is 29.9 Å². The molecule has 2 rings (SSSR count). The highest BCUT2D eigenvalue weighted by molar-refractivity contribution is 6.30. The summed E-state index contributed by atoms with van der Waals surface area (Å²) < 4.78 is 5.28. The van der Waals surface area contributed by atoms with Gasteiger partial charge in [-0.05, 0) is 17.7 Å². The number of halogens is 2. The van der Waals surface area contributed by atoms with Crippen molar-refractivity contribution in [2.45, 2.75) is 18.6 Å². The maximum absolute atomic E-state index is 11.8. The second kappa shape index (κ2) is 9.23. The van der Waals surface area contributed by atoms with Gasteiger partial charge in [0.25, 0.3) is 0 Å². The summed E-state index contributed by atoms with van der Waals surface area (Å²) in [4.78, 5) is 11.8. The third kappa shape index (κ3) is 6.20. The summed E-state index contributed by atoms with van der Waals surface area (Å²) in [7, 11) is 0. The van der Waals surface area contributed by atoms with E-state index in [0.717, 1.165) is 6.54 Å². The summed E-state index contributed by atoms with van der Waals surface area (Å²) in [6.45, 7) is 2.17. The van der Waals surface area contributed by atoms with E-state index in [9.17, 15) is 9.90 Å². The molecule has 21 heavy (non-hydrogen) atoms. The molecule has 1 aromatic carbocycles. The number of hydrogen-bond donors (Lipinski definition) is 3. The largest absolute Gasteiger partial charge is 0.387 e. The van der Waals surface area contributed by atoms with Crippen molar-refractivity contribution in [1.29, 1.82) is 0 Å². The van der Waals surface area contributed by atoms with E-state index in [1.807, 2.05) is 0 Å². The first-order valence-electron chi connectivity index (χ1n) is 6.66. The van der Waals surface area contributed by atoms with Gasteiger partial charge >= 0.3 is 0 Å². The number of benzene rings is 1. The van der Waals surface area contributed by atoms with Crippen molar-refractivity contribution in [3.63, 3.8) is 0 Å². The quantitative estimate of drug-likeness (QED) is 0.758. The molecule has 118 valence electrons. The molecule has 1 aliphatic heterocycles. The predicted molar refractivity (Wildman–Crippen MR) is 83.9 cm³/mol. The smallest absolute Gasteiger partial charge is 0.221 e. The molecule has 1 aromatic rings. The third-order valence-electron chi connectivity index (χ3n) is 3.16. The van der Waals surface area contributed by atoms with Crippen molar-refractivity contribution in [2.75, 3.05) is 26.3 Å². The van der Waals surface area contributed by atoms with Gasteiger partial charge in [0.15, 0.2) is 0 Å². The van der Waals surface area contributed by atoms with Crippen molar-refractivity contribution in [3.8, 4) is 0 Å². The van der Waals surface area contributed by atoms with Gasteiger partial charge < -0.3 is 20.5 Å². The van der Waals surface area contributed by atoms with Crippen molar-refractivity contribution in [3.05, 3.63) is 34.9 Å². The van der Waals surface area contributed by atoms with Gasteiger partial charge in [-0.3, -0.25) is 4.79 Å². The minimum Gasteiger partial charge on any atom is -0.387 e. The van der Waals surface area contributed by atoms with E-state index in [2.05, 4.69) is 10.6 Å². The van der Waals surface area contributed by atoms with Gasteiger partial charge in [-0.15, -0.1) is 12.4 Å². The average Bonchev–Trinajstić information content (AvgIpc) is 2.46. The number of hydrogen-bond acceptors (Lipinski definition) is 4. The van der Waals surface area contributed by atoms with E-state index >= 15 is 0 Å². The second-order valence-corrected chi connectivity index (χ2v) is 5.24. The van der Waals surface area contributed by atoms with Crippen LogP contribution >= 0.6 is 24.0 Å². The van der Waals surface area contributed by atoms with Crippen molar-refractivity contribution in [2.24, 2.45) is 0 Å². The molecule has 0 bridgehead atoms. The van der Waals surface area contributed by atoms with Crippen LogP contribution in [-0.4, -0.2) is 43.4 Å². The van der Waals surface area contributed by atoms with Crippen LogP contribution in [0.4, 0.5) is 0 Å². The molecule has 1 heterocycles. The summed E-state index contributed by atoms with van der Waals surface area (Å²) in [5, 5.41) is 16.5. The molecule has 2 atom stereocenters. The fraction of sp³-hybridized carbons (Fsp3) is 0.500. The second-order valence-electron chi connectivity index (χ2n) is 4.80. The van der Waals surface area contributed by atoms with Crippen molar-refractivity contribution < 1.29 is 14.6 Å². The molecule has 0 aliphatic carbocycles. The molecule has 1 amide bonds. The van der Waals surface area contributed by atoms with E-state index < -0.39 is 6.10 Å². The molecule has 3 N–H and O–H groups in total. The number of carbonyl (C=O) groups is 1. The highest BCUT2D eigenvalue weighted by Gasteiger charge is 2.17. The van der Waals surface area contributed by atoms with Crippen LogP contribution in [0, 0.1) is 0 Å². The molecule has 5 nitrogen and oxygen atoms in total. The molecule has 1 aliphatic rings. The molecule has 2 unspecified atom stereocenters. The van der Waals surface area contributed by atoms with Crippen LogP contribution in [0.5, 0.6) is 0 Å². The van der Waals surface area contributed by atoms with Gasteiger partial charge in [-0.2, -0.15) is 0 Å². The van der Waals surface area contributed by atoms with E-state index in [1.165, 1.54) is 0 Å². The number of amides is 1. The zero-order valence-electron chi connectivity index (χ0n) is 11.5. The molecule has 1 saturated heterocycles. The molecule has 0 aromatic heterocycles. The SMILES string of the molecule is Cl.O=C(CC1COCCN1)NCC(O)c1cccc(Cl)c1. The third-order valence-corrected chi connectivity index (χ3v) is 3.39. The van der Waals surface area contributed by atoms with Crippen LogP contribution in [0.15, 0.2) is 24.3 Å². The maximum atomic E-state index is 11.8. The monoisotopic (exact) mass is 334 g/mol. The Morgan fingerprint density at radius 1 is 1.57 bits per heavy atom. The first-order valence-corrected chi connectivity index (χ1v) is 7.04. The fourth-order valence-corrected chi connectivity index (χ4v) is 2.29. The highest BCUT2D eigenvalue weighted by Crippen LogP contribution is 2.17. The van der Waals surface area contributed by atoms with Crippen LogP contribution in [0.3, 0.4) is 0 Å². The zero-order chi connectivity index (χ0) is 14.4. The topological polar surface area (TPSA) is 70.6 Å².